The largest absolute Gasteiger partial charge is 0.468 e. The average molecular weight is 310 g/mol. The second-order valence-electron chi connectivity index (χ2n) is 7.03. The number of nitrogens with one attached hydrogen (secondary N) is 2. The summed E-state index contributed by atoms with van der Waals surface area (Å²) >= 11 is 0. The molecule has 1 aromatic heterocycles. The third-order valence-corrected chi connectivity index (χ3v) is 3.51. The van der Waals surface area contributed by atoms with Crippen LogP contribution in [0.1, 0.15) is 53.3 Å². The van der Waals surface area contributed by atoms with Crippen molar-refractivity contribution in [3.63, 3.8) is 0 Å². The molecule has 1 aromatic rings. The van der Waals surface area contributed by atoms with E-state index in [1.807, 2.05) is 32.9 Å². The lowest BCUT2D eigenvalue weighted by molar-refractivity contribution is 0.0514. The maximum Gasteiger partial charge on any atom is 0.407 e. The van der Waals surface area contributed by atoms with Crippen molar-refractivity contribution in [3.05, 3.63) is 24.2 Å². The predicted molar refractivity (Wildman–Crippen MR) is 87.7 cm³/mol. The molecule has 1 amide bonds. The molecule has 0 aliphatic carbocycles. The molecule has 0 radical (unpaired) electrons. The highest BCUT2D eigenvalue weighted by Gasteiger charge is 2.20. The van der Waals surface area contributed by atoms with Crippen LogP contribution in [0.2, 0.25) is 0 Å². The van der Waals surface area contributed by atoms with E-state index in [-0.39, 0.29) is 12.1 Å². The summed E-state index contributed by atoms with van der Waals surface area (Å²) in [5, 5.41) is 6.31. The van der Waals surface area contributed by atoms with E-state index in [1.54, 1.807) is 6.26 Å². The van der Waals surface area contributed by atoms with Gasteiger partial charge >= 0.3 is 6.09 Å². The number of amides is 1. The second kappa shape index (κ2) is 8.22. The van der Waals surface area contributed by atoms with Crippen LogP contribution in [0.25, 0.3) is 0 Å². The Labute approximate surface area is 133 Å². The summed E-state index contributed by atoms with van der Waals surface area (Å²) in [4.78, 5) is 11.7. The second-order valence-corrected chi connectivity index (χ2v) is 7.03. The molecule has 1 rings (SSSR count). The van der Waals surface area contributed by atoms with Crippen LogP contribution in [0.5, 0.6) is 0 Å². The van der Waals surface area contributed by atoms with Gasteiger partial charge in [0.25, 0.3) is 0 Å². The molecular formula is C17H30N2O3. The lowest BCUT2D eigenvalue weighted by Crippen LogP contribution is -2.40. The van der Waals surface area contributed by atoms with Gasteiger partial charge in [-0.25, -0.2) is 4.79 Å². The highest BCUT2D eigenvalue weighted by Crippen LogP contribution is 2.15. The smallest absolute Gasteiger partial charge is 0.407 e. The average Bonchev–Trinajstić information content (AvgIpc) is 2.89. The number of hydrogen-bond acceptors (Lipinski definition) is 4. The molecule has 2 N–H and O–H groups in total. The van der Waals surface area contributed by atoms with Crippen molar-refractivity contribution in [2.45, 2.75) is 53.2 Å². The van der Waals surface area contributed by atoms with E-state index < -0.39 is 5.60 Å². The van der Waals surface area contributed by atoms with Gasteiger partial charge < -0.3 is 19.8 Å². The van der Waals surface area contributed by atoms with E-state index in [9.17, 15) is 4.79 Å². The third kappa shape index (κ3) is 6.98. The maximum absolute atomic E-state index is 11.7. The van der Waals surface area contributed by atoms with E-state index in [4.69, 9.17) is 9.15 Å². The van der Waals surface area contributed by atoms with Crippen molar-refractivity contribution in [2.75, 3.05) is 13.1 Å². The van der Waals surface area contributed by atoms with Gasteiger partial charge in [0, 0.05) is 13.1 Å². The van der Waals surface area contributed by atoms with Crippen LogP contribution in [-0.2, 0) is 4.74 Å². The monoisotopic (exact) mass is 310 g/mol. The van der Waals surface area contributed by atoms with Gasteiger partial charge in [0.05, 0.1) is 12.3 Å². The number of rotatable bonds is 7. The van der Waals surface area contributed by atoms with Gasteiger partial charge in [-0.15, -0.1) is 0 Å². The molecule has 0 aromatic carbocycles. The van der Waals surface area contributed by atoms with Gasteiger partial charge in [0.2, 0.25) is 0 Å². The highest BCUT2D eigenvalue weighted by molar-refractivity contribution is 5.67. The first kappa shape index (κ1) is 18.6. The summed E-state index contributed by atoms with van der Waals surface area (Å²) in [6.45, 7) is 13.3. The zero-order valence-corrected chi connectivity index (χ0v) is 14.6. The molecule has 22 heavy (non-hydrogen) atoms. The Balaban J connectivity index is 2.40. The first-order valence-electron chi connectivity index (χ1n) is 7.92. The number of alkyl carbamates (subject to hydrolysis) is 1. The zero-order valence-electron chi connectivity index (χ0n) is 14.6. The van der Waals surface area contributed by atoms with Gasteiger partial charge in [-0.3, -0.25) is 0 Å². The van der Waals surface area contributed by atoms with Gasteiger partial charge in [-0.2, -0.15) is 0 Å². The summed E-state index contributed by atoms with van der Waals surface area (Å²) in [6, 6.07) is 4.00. The van der Waals surface area contributed by atoms with Crippen LogP contribution >= 0.6 is 0 Å². The molecule has 0 aliphatic rings. The zero-order chi connectivity index (χ0) is 16.8. The summed E-state index contributed by atoms with van der Waals surface area (Å²) in [5.41, 5.74) is -0.469. The molecule has 0 aliphatic heterocycles. The van der Waals surface area contributed by atoms with Crippen molar-refractivity contribution in [1.29, 1.82) is 0 Å². The molecule has 0 saturated heterocycles. The van der Waals surface area contributed by atoms with Crippen LogP contribution in [0, 0.1) is 11.8 Å². The summed E-state index contributed by atoms with van der Waals surface area (Å²) in [6.07, 6.45) is 1.31. The van der Waals surface area contributed by atoms with Gasteiger partial charge in [-0.1, -0.05) is 13.8 Å². The maximum atomic E-state index is 11.7. The number of hydrogen-bond donors (Lipinski definition) is 2. The van der Waals surface area contributed by atoms with Crippen molar-refractivity contribution in [1.82, 2.24) is 10.6 Å². The molecule has 0 bridgehead atoms. The predicted octanol–water partition coefficient (Wildman–Crippen LogP) is 3.73. The van der Waals surface area contributed by atoms with Crippen LogP contribution in [0.3, 0.4) is 0 Å². The number of ether oxygens (including phenoxy) is 1. The SMILES string of the molecule is CC(C)C(CNC(=O)OC(C)(C)C)CN[C@@H](C)c1ccco1. The Hall–Kier alpha value is -1.49. The van der Waals surface area contributed by atoms with E-state index in [0.717, 1.165) is 12.3 Å². The van der Waals surface area contributed by atoms with E-state index in [2.05, 4.69) is 31.4 Å². The molecule has 0 saturated carbocycles. The molecule has 126 valence electrons. The number of furan rings is 1. The Bertz CT molecular complexity index is 435. The topological polar surface area (TPSA) is 63.5 Å². The van der Waals surface area contributed by atoms with Crippen LogP contribution in [-0.4, -0.2) is 24.8 Å². The summed E-state index contributed by atoms with van der Waals surface area (Å²) in [7, 11) is 0. The minimum Gasteiger partial charge on any atom is -0.468 e. The van der Waals surface area contributed by atoms with Crippen molar-refractivity contribution < 1.29 is 13.9 Å². The molecule has 1 heterocycles. The lowest BCUT2D eigenvalue weighted by atomic mass is 9.95. The van der Waals surface area contributed by atoms with Crippen LogP contribution < -0.4 is 10.6 Å². The van der Waals surface area contributed by atoms with Gasteiger partial charge in [0.15, 0.2) is 0 Å². The minimum absolute atomic E-state index is 0.151. The van der Waals surface area contributed by atoms with E-state index in [1.165, 1.54) is 0 Å². The van der Waals surface area contributed by atoms with Crippen LogP contribution in [0.4, 0.5) is 4.79 Å². The number of carbonyl (C=O) groups excluding carboxylic acids is 1. The van der Waals surface area contributed by atoms with E-state index >= 15 is 0 Å². The summed E-state index contributed by atoms with van der Waals surface area (Å²) < 4.78 is 10.7. The Morgan fingerprint density at radius 1 is 1.27 bits per heavy atom. The molecular weight excluding hydrogens is 280 g/mol. The Morgan fingerprint density at radius 3 is 2.45 bits per heavy atom. The molecule has 5 nitrogen and oxygen atoms in total. The lowest BCUT2D eigenvalue weighted by Gasteiger charge is -2.25. The van der Waals surface area contributed by atoms with Crippen molar-refractivity contribution in [2.24, 2.45) is 11.8 Å². The van der Waals surface area contributed by atoms with Crippen molar-refractivity contribution >= 4 is 6.09 Å². The molecule has 5 heteroatoms. The first-order chi connectivity index (χ1) is 10.2. The fourth-order valence-electron chi connectivity index (χ4n) is 2.04. The van der Waals surface area contributed by atoms with Gasteiger partial charge in [-0.05, 0) is 51.7 Å². The van der Waals surface area contributed by atoms with Crippen molar-refractivity contribution in [3.8, 4) is 0 Å². The Kier molecular flexibility index (Phi) is 6.94. The fraction of sp³-hybridized carbons (Fsp3) is 0.706. The molecule has 1 unspecified atom stereocenters. The van der Waals surface area contributed by atoms with Crippen LogP contribution in [0.15, 0.2) is 22.8 Å². The highest BCUT2D eigenvalue weighted by atomic mass is 16.6. The molecule has 0 spiro atoms. The minimum atomic E-state index is -0.469. The van der Waals surface area contributed by atoms with Gasteiger partial charge in [0.1, 0.15) is 11.4 Å². The Morgan fingerprint density at radius 2 is 1.95 bits per heavy atom. The first-order valence-corrected chi connectivity index (χ1v) is 7.92. The standard InChI is InChI=1S/C17H30N2O3/c1-12(2)14(11-19-16(20)22-17(4,5)6)10-18-13(3)15-8-7-9-21-15/h7-9,12-14,18H,10-11H2,1-6H3,(H,19,20)/t13-,14?/m0/s1. The number of carbonyl (C=O) groups is 1. The third-order valence-electron chi connectivity index (χ3n) is 3.51. The molecule has 2 atom stereocenters. The summed E-state index contributed by atoms with van der Waals surface area (Å²) in [5.74, 6) is 1.69. The van der Waals surface area contributed by atoms with E-state index in [0.29, 0.717) is 18.4 Å². The quantitative estimate of drug-likeness (QED) is 0.805. The normalized spacial score (nSPS) is 14.7. The fourth-order valence-corrected chi connectivity index (χ4v) is 2.04. The molecule has 0 fully saturated rings.